The van der Waals surface area contributed by atoms with Crippen LogP contribution in [-0.4, -0.2) is 65.1 Å². The molecule has 6 heteroatoms. The van der Waals surface area contributed by atoms with E-state index in [-0.39, 0.29) is 47.0 Å². The fraction of sp³-hybridized carbons (Fsp3) is 0.484. The van der Waals surface area contributed by atoms with E-state index in [4.69, 9.17) is 4.74 Å². The molecule has 2 fully saturated rings. The number of rotatable bonds is 8. The molecule has 6 nitrogen and oxygen atoms in total. The first-order valence-corrected chi connectivity index (χ1v) is 13.4. The van der Waals surface area contributed by atoms with Crippen LogP contribution in [0.5, 0.6) is 5.75 Å². The molecule has 4 atom stereocenters. The number of esters is 1. The summed E-state index contributed by atoms with van der Waals surface area (Å²) >= 11 is 0. The lowest BCUT2D eigenvalue weighted by Gasteiger charge is -2.56. The van der Waals surface area contributed by atoms with E-state index < -0.39 is 0 Å². The topological polar surface area (TPSA) is 70.1 Å². The van der Waals surface area contributed by atoms with Gasteiger partial charge in [-0.25, -0.2) is 0 Å². The van der Waals surface area contributed by atoms with Crippen LogP contribution in [0.25, 0.3) is 0 Å². The molecule has 0 aromatic heterocycles. The molecule has 2 aromatic rings. The Hall–Kier alpha value is -3.12. The molecule has 2 aliphatic rings. The van der Waals surface area contributed by atoms with Crippen molar-refractivity contribution in [2.24, 2.45) is 11.8 Å². The summed E-state index contributed by atoms with van der Waals surface area (Å²) in [4.78, 5) is 30.6. The van der Waals surface area contributed by atoms with Gasteiger partial charge >= 0.3 is 5.97 Å². The number of aromatic hydroxyl groups is 1. The number of fused-ring (bicyclic) bond motifs is 1. The monoisotopic (exact) mass is 504 g/mol. The molecule has 1 saturated carbocycles. The summed E-state index contributed by atoms with van der Waals surface area (Å²) in [6.45, 7) is 12.7. The normalized spacial score (nSPS) is 25.8. The fourth-order valence-electron chi connectivity index (χ4n) is 6.51. The summed E-state index contributed by atoms with van der Waals surface area (Å²) in [6.07, 6.45) is 3.77. The van der Waals surface area contributed by atoms with E-state index in [0.717, 1.165) is 38.0 Å². The molecule has 37 heavy (non-hydrogen) atoms. The summed E-state index contributed by atoms with van der Waals surface area (Å²) < 4.78 is 6.04. The molecule has 1 unspecified atom stereocenters. The van der Waals surface area contributed by atoms with E-state index in [1.54, 1.807) is 6.07 Å². The second-order valence-electron chi connectivity index (χ2n) is 11.1. The molecule has 1 aliphatic heterocycles. The molecule has 4 rings (SSSR count). The van der Waals surface area contributed by atoms with Gasteiger partial charge in [-0.1, -0.05) is 50.3 Å². The number of phenols is 1. The van der Waals surface area contributed by atoms with E-state index in [1.165, 1.54) is 6.92 Å². The standard InChI is InChI=1S/C31H40N2O4/c1-5-15-32-16-14-31(25-12-9-13-27(35)17-25)19-26(18-29(28(31)21-32)37-23(4)34)33(20-22(2)3)30(36)24-10-7-6-8-11-24/h5-13,17,22,26,28-29,35H,1,14-16,18-21H2,2-4H3/t26-,28+,29?,31+/m1/s1. The number of hydrogen-bond donors (Lipinski definition) is 1. The average molecular weight is 505 g/mol. The van der Waals surface area contributed by atoms with Gasteiger partial charge in [-0.2, -0.15) is 0 Å². The maximum atomic E-state index is 13.9. The number of nitrogens with zero attached hydrogens (tertiary/aromatic N) is 2. The fourth-order valence-corrected chi connectivity index (χ4v) is 6.51. The number of hydrogen-bond acceptors (Lipinski definition) is 5. The van der Waals surface area contributed by atoms with Crippen molar-refractivity contribution < 1.29 is 19.4 Å². The molecule has 1 amide bonds. The van der Waals surface area contributed by atoms with Crippen molar-refractivity contribution >= 4 is 11.9 Å². The van der Waals surface area contributed by atoms with Gasteiger partial charge in [0.2, 0.25) is 0 Å². The number of carbonyl (C=O) groups is 2. The van der Waals surface area contributed by atoms with Gasteiger partial charge in [0, 0.05) is 55.9 Å². The number of benzene rings is 2. The van der Waals surface area contributed by atoms with Gasteiger partial charge in [-0.15, -0.1) is 6.58 Å². The van der Waals surface area contributed by atoms with Crippen molar-refractivity contribution in [3.63, 3.8) is 0 Å². The molecule has 1 N–H and O–H groups in total. The zero-order valence-corrected chi connectivity index (χ0v) is 22.3. The van der Waals surface area contributed by atoms with Crippen molar-refractivity contribution in [2.75, 3.05) is 26.2 Å². The zero-order valence-electron chi connectivity index (χ0n) is 22.3. The third kappa shape index (κ3) is 5.90. The number of amides is 1. The predicted molar refractivity (Wildman–Crippen MR) is 145 cm³/mol. The number of carbonyl (C=O) groups excluding carboxylic acids is 2. The minimum Gasteiger partial charge on any atom is -0.508 e. The Bertz CT molecular complexity index is 1100. The smallest absolute Gasteiger partial charge is 0.302 e. The average Bonchev–Trinajstić information content (AvgIpc) is 2.87. The Morgan fingerprint density at radius 3 is 2.62 bits per heavy atom. The highest BCUT2D eigenvalue weighted by Crippen LogP contribution is 2.51. The van der Waals surface area contributed by atoms with E-state index in [0.29, 0.717) is 18.5 Å². The van der Waals surface area contributed by atoms with Crippen molar-refractivity contribution in [1.29, 1.82) is 0 Å². The van der Waals surface area contributed by atoms with Crippen LogP contribution in [0, 0.1) is 11.8 Å². The van der Waals surface area contributed by atoms with Gasteiger partial charge < -0.3 is 14.7 Å². The van der Waals surface area contributed by atoms with Gasteiger partial charge in [-0.05, 0) is 55.1 Å². The Morgan fingerprint density at radius 1 is 1.22 bits per heavy atom. The highest BCUT2D eigenvalue weighted by molar-refractivity contribution is 5.94. The second kappa shape index (κ2) is 11.5. The lowest BCUT2D eigenvalue weighted by molar-refractivity contribution is -0.158. The molecule has 0 radical (unpaired) electrons. The summed E-state index contributed by atoms with van der Waals surface area (Å²) in [7, 11) is 0. The SMILES string of the molecule is C=CCN1CC[C@@]2(c3cccc(O)c3)C[C@H](N(CC(C)C)C(=O)c3ccccc3)CC(OC(C)=O)[C@@H]2C1. The van der Waals surface area contributed by atoms with Crippen molar-refractivity contribution in [3.05, 3.63) is 78.4 Å². The van der Waals surface area contributed by atoms with Gasteiger partial charge in [0.1, 0.15) is 11.9 Å². The van der Waals surface area contributed by atoms with Crippen LogP contribution < -0.4 is 0 Å². The Labute approximate surface area is 220 Å². The number of ether oxygens (including phenoxy) is 1. The Balaban J connectivity index is 1.80. The van der Waals surface area contributed by atoms with Gasteiger partial charge in [0.15, 0.2) is 0 Å². The number of phenolic OH excluding ortho intramolecular Hbond substituents is 1. The van der Waals surface area contributed by atoms with Gasteiger partial charge in [0.05, 0.1) is 0 Å². The van der Waals surface area contributed by atoms with Crippen LogP contribution in [0.15, 0.2) is 67.3 Å². The molecular weight excluding hydrogens is 464 g/mol. The van der Waals surface area contributed by atoms with Crippen LogP contribution in [0.3, 0.4) is 0 Å². The molecular formula is C31H40N2O4. The second-order valence-corrected chi connectivity index (χ2v) is 11.1. The quantitative estimate of drug-likeness (QED) is 0.403. The van der Waals surface area contributed by atoms with Crippen LogP contribution in [0.4, 0.5) is 0 Å². The van der Waals surface area contributed by atoms with Gasteiger partial charge in [-0.3, -0.25) is 14.5 Å². The number of likely N-dealkylation sites (tertiary alicyclic amines) is 1. The van der Waals surface area contributed by atoms with E-state index in [2.05, 4.69) is 31.4 Å². The highest BCUT2D eigenvalue weighted by atomic mass is 16.5. The number of piperidine rings is 1. The van der Waals surface area contributed by atoms with Crippen LogP contribution in [0.1, 0.15) is 56.0 Å². The van der Waals surface area contributed by atoms with E-state index in [1.807, 2.05) is 53.4 Å². The molecule has 1 saturated heterocycles. The first-order chi connectivity index (χ1) is 17.7. The molecule has 1 heterocycles. The van der Waals surface area contributed by atoms with Crippen LogP contribution >= 0.6 is 0 Å². The first-order valence-electron chi connectivity index (χ1n) is 13.4. The minimum absolute atomic E-state index is 0.00878. The van der Waals surface area contributed by atoms with Crippen molar-refractivity contribution in [2.45, 2.75) is 57.6 Å². The highest BCUT2D eigenvalue weighted by Gasteiger charge is 2.54. The predicted octanol–water partition coefficient (Wildman–Crippen LogP) is 5.03. The molecule has 0 spiro atoms. The van der Waals surface area contributed by atoms with Crippen LogP contribution in [0.2, 0.25) is 0 Å². The third-order valence-corrected chi connectivity index (χ3v) is 8.00. The Kier molecular flexibility index (Phi) is 8.38. The summed E-state index contributed by atoms with van der Waals surface area (Å²) in [5.41, 5.74) is 1.38. The Morgan fingerprint density at radius 2 is 1.97 bits per heavy atom. The third-order valence-electron chi connectivity index (χ3n) is 8.00. The maximum absolute atomic E-state index is 13.9. The molecule has 1 aliphatic carbocycles. The largest absolute Gasteiger partial charge is 0.508 e. The molecule has 2 aromatic carbocycles. The van der Waals surface area contributed by atoms with Crippen LogP contribution in [-0.2, 0) is 14.9 Å². The zero-order chi connectivity index (χ0) is 26.6. The lowest BCUT2D eigenvalue weighted by atomic mass is 9.56. The van der Waals surface area contributed by atoms with Crippen molar-refractivity contribution in [1.82, 2.24) is 9.80 Å². The lowest BCUT2D eigenvalue weighted by Crippen LogP contribution is -2.62. The summed E-state index contributed by atoms with van der Waals surface area (Å²) in [5.74, 6) is 0.250. The minimum atomic E-state index is -0.343. The molecule has 0 bridgehead atoms. The van der Waals surface area contributed by atoms with E-state index in [9.17, 15) is 14.7 Å². The first kappa shape index (κ1) is 26.9. The van der Waals surface area contributed by atoms with Gasteiger partial charge in [0.25, 0.3) is 5.91 Å². The van der Waals surface area contributed by atoms with Crippen molar-refractivity contribution in [3.8, 4) is 5.75 Å². The summed E-state index contributed by atoms with van der Waals surface area (Å²) in [6, 6.07) is 16.8. The molecule has 198 valence electrons. The summed E-state index contributed by atoms with van der Waals surface area (Å²) in [5, 5.41) is 10.4. The van der Waals surface area contributed by atoms with E-state index >= 15 is 0 Å². The maximum Gasteiger partial charge on any atom is 0.302 e.